The number of para-hydroxylation sites is 1. The van der Waals surface area contributed by atoms with Crippen molar-refractivity contribution in [1.82, 2.24) is 0 Å². The van der Waals surface area contributed by atoms with Gasteiger partial charge in [0.15, 0.2) is 0 Å². The molecule has 1 fully saturated rings. The molecule has 1 aliphatic rings. The molecule has 3 heteroatoms. The van der Waals surface area contributed by atoms with Crippen molar-refractivity contribution >= 4 is 11.7 Å². The van der Waals surface area contributed by atoms with Crippen LogP contribution >= 0.6 is 0 Å². The van der Waals surface area contributed by atoms with Gasteiger partial charge in [-0.05, 0) is 30.4 Å². The molecule has 0 radical (unpaired) electrons. The van der Waals surface area contributed by atoms with Gasteiger partial charge in [-0.3, -0.25) is 0 Å². The zero-order chi connectivity index (χ0) is 13.2. The first-order valence-electron chi connectivity index (χ1n) is 6.59. The highest BCUT2D eigenvalue weighted by atomic mass is 16.4. The molecule has 98 valence electrons. The molecule has 0 bridgehead atoms. The predicted octanol–water partition coefficient (Wildman–Crippen LogP) is 3.77. The zero-order valence-electron chi connectivity index (χ0n) is 11.1. The standard InChI is InChI=1S/C15H21NO2/c1-15(2)10-6-5-9-13(15)16-12-8-4-3-7-11(12)14(17)18/h3-4,7-8,13,16H,5-6,9-10H2,1-2H3,(H,17,18). The summed E-state index contributed by atoms with van der Waals surface area (Å²) in [6.45, 7) is 4.51. The average molecular weight is 247 g/mol. The Morgan fingerprint density at radius 2 is 2.06 bits per heavy atom. The minimum atomic E-state index is -0.869. The van der Waals surface area contributed by atoms with Crippen LogP contribution in [0.15, 0.2) is 24.3 Å². The Labute approximate surface area is 108 Å². The van der Waals surface area contributed by atoms with Gasteiger partial charge in [-0.1, -0.05) is 38.8 Å². The second kappa shape index (κ2) is 5.01. The van der Waals surface area contributed by atoms with Crippen LogP contribution in [0.2, 0.25) is 0 Å². The molecule has 1 aliphatic carbocycles. The lowest BCUT2D eigenvalue weighted by Gasteiger charge is -2.39. The summed E-state index contributed by atoms with van der Waals surface area (Å²) in [6, 6.07) is 7.51. The van der Waals surface area contributed by atoms with Gasteiger partial charge in [-0.25, -0.2) is 4.79 Å². The first-order valence-corrected chi connectivity index (χ1v) is 6.59. The number of anilines is 1. The fourth-order valence-electron chi connectivity index (χ4n) is 2.74. The maximum atomic E-state index is 11.2. The molecular weight excluding hydrogens is 226 g/mol. The third-order valence-electron chi connectivity index (χ3n) is 3.99. The van der Waals surface area contributed by atoms with E-state index in [-0.39, 0.29) is 5.41 Å². The van der Waals surface area contributed by atoms with E-state index in [4.69, 9.17) is 0 Å². The van der Waals surface area contributed by atoms with Crippen LogP contribution in [0, 0.1) is 5.41 Å². The summed E-state index contributed by atoms with van der Waals surface area (Å²) in [5.74, 6) is -0.869. The van der Waals surface area contributed by atoms with Gasteiger partial charge in [0.25, 0.3) is 0 Å². The smallest absolute Gasteiger partial charge is 0.337 e. The van der Waals surface area contributed by atoms with Gasteiger partial charge in [0.2, 0.25) is 0 Å². The first kappa shape index (κ1) is 12.9. The number of carboxylic acid groups (broad SMARTS) is 1. The third-order valence-corrected chi connectivity index (χ3v) is 3.99. The normalized spacial score (nSPS) is 22.4. The number of aromatic carboxylic acids is 1. The van der Waals surface area contributed by atoms with Crippen molar-refractivity contribution in [3.63, 3.8) is 0 Å². The number of rotatable bonds is 3. The van der Waals surface area contributed by atoms with E-state index < -0.39 is 5.97 Å². The molecule has 1 unspecified atom stereocenters. The summed E-state index contributed by atoms with van der Waals surface area (Å²) in [6.07, 6.45) is 4.79. The zero-order valence-corrected chi connectivity index (χ0v) is 11.1. The highest BCUT2D eigenvalue weighted by Crippen LogP contribution is 2.37. The Kier molecular flexibility index (Phi) is 3.60. The summed E-state index contributed by atoms with van der Waals surface area (Å²) in [4.78, 5) is 11.2. The Morgan fingerprint density at radius 3 is 2.72 bits per heavy atom. The lowest BCUT2D eigenvalue weighted by molar-refractivity contribution is 0.0697. The van der Waals surface area contributed by atoms with Crippen molar-refractivity contribution in [3.8, 4) is 0 Å². The molecular formula is C15H21NO2. The van der Waals surface area contributed by atoms with E-state index >= 15 is 0 Å². The predicted molar refractivity (Wildman–Crippen MR) is 73.1 cm³/mol. The van der Waals surface area contributed by atoms with Crippen LogP contribution in [-0.2, 0) is 0 Å². The summed E-state index contributed by atoms with van der Waals surface area (Å²) >= 11 is 0. The largest absolute Gasteiger partial charge is 0.478 e. The Bertz CT molecular complexity index is 440. The van der Waals surface area contributed by atoms with Crippen molar-refractivity contribution in [2.75, 3.05) is 5.32 Å². The lowest BCUT2D eigenvalue weighted by Crippen LogP contribution is -2.39. The Morgan fingerprint density at radius 1 is 1.33 bits per heavy atom. The number of hydrogen-bond donors (Lipinski definition) is 2. The third kappa shape index (κ3) is 2.66. The van der Waals surface area contributed by atoms with E-state index in [1.165, 1.54) is 19.3 Å². The number of benzene rings is 1. The minimum Gasteiger partial charge on any atom is -0.478 e. The quantitative estimate of drug-likeness (QED) is 0.855. The number of carbonyl (C=O) groups is 1. The van der Waals surface area contributed by atoms with Gasteiger partial charge in [0, 0.05) is 11.7 Å². The lowest BCUT2D eigenvalue weighted by atomic mass is 9.73. The Balaban J connectivity index is 2.21. The van der Waals surface area contributed by atoms with E-state index in [1.807, 2.05) is 12.1 Å². The summed E-state index contributed by atoms with van der Waals surface area (Å²) in [7, 11) is 0. The van der Waals surface area contributed by atoms with E-state index in [0.717, 1.165) is 12.1 Å². The molecule has 0 saturated heterocycles. The van der Waals surface area contributed by atoms with Gasteiger partial charge < -0.3 is 10.4 Å². The number of carboxylic acids is 1. The van der Waals surface area contributed by atoms with Crippen LogP contribution in [0.5, 0.6) is 0 Å². The van der Waals surface area contributed by atoms with E-state index in [0.29, 0.717) is 11.6 Å². The van der Waals surface area contributed by atoms with Gasteiger partial charge in [-0.2, -0.15) is 0 Å². The Hall–Kier alpha value is -1.51. The van der Waals surface area contributed by atoms with Gasteiger partial charge in [0.1, 0.15) is 0 Å². The van der Waals surface area contributed by atoms with E-state index in [2.05, 4.69) is 19.2 Å². The minimum absolute atomic E-state index is 0.226. The highest BCUT2D eigenvalue weighted by Gasteiger charge is 2.32. The van der Waals surface area contributed by atoms with Crippen molar-refractivity contribution in [2.45, 2.75) is 45.6 Å². The molecule has 0 heterocycles. The summed E-state index contributed by atoms with van der Waals surface area (Å²) in [5, 5.41) is 12.6. The monoisotopic (exact) mass is 247 g/mol. The van der Waals surface area contributed by atoms with Crippen LogP contribution in [-0.4, -0.2) is 17.1 Å². The maximum absolute atomic E-state index is 11.2. The molecule has 0 amide bonds. The number of hydrogen-bond acceptors (Lipinski definition) is 2. The van der Waals surface area contributed by atoms with Gasteiger partial charge >= 0.3 is 5.97 Å². The molecule has 1 aromatic rings. The molecule has 3 nitrogen and oxygen atoms in total. The van der Waals surface area contributed by atoms with Crippen molar-refractivity contribution < 1.29 is 9.90 Å². The molecule has 0 aromatic heterocycles. The van der Waals surface area contributed by atoms with Crippen LogP contribution < -0.4 is 5.32 Å². The molecule has 2 rings (SSSR count). The second-order valence-corrected chi connectivity index (χ2v) is 5.78. The van der Waals surface area contributed by atoms with Crippen molar-refractivity contribution in [1.29, 1.82) is 0 Å². The SMILES string of the molecule is CC1(C)CCCCC1Nc1ccccc1C(=O)O. The molecule has 18 heavy (non-hydrogen) atoms. The average Bonchev–Trinajstić information content (AvgIpc) is 2.32. The van der Waals surface area contributed by atoms with Crippen molar-refractivity contribution in [3.05, 3.63) is 29.8 Å². The van der Waals surface area contributed by atoms with Crippen molar-refractivity contribution in [2.24, 2.45) is 5.41 Å². The number of nitrogens with one attached hydrogen (secondary N) is 1. The molecule has 2 N–H and O–H groups in total. The highest BCUT2D eigenvalue weighted by molar-refractivity contribution is 5.94. The molecule has 0 spiro atoms. The van der Waals surface area contributed by atoms with Crippen LogP contribution in [0.25, 0.3) is 0 Å². The van der Waals surface area contributed by atoms with E-state index in [9.17, 15) is 9.90 Å². The maximum Gasteiger partial charge on any atom is 0.337 e. The van der Waals surface area contributed by atoms with Crippen LogP contribution in [0.3, 0.4) is 0 Å². The molecule has 0 aliphatic heterocycles. The van der Waals surface area contributed by atoms with Crippen LogP contribution in [0.1, 0.15) is 49.9 Å². The fraction of sp³-hybridized carbons (Fsp3) is 0.533. The second-order valence-electron chi connectivity index (χ2n) is 5.78. The van der Waals surface area contributed by atoms with Gasteiger partial charge in [-0.15, -0.1) is 0 Å². The van der Waals surface area contributed by atoms with E-state index in [1.54, 1.807) is 12.1 Å². The first-order chi connectivity index (χ1) is 8.50. The summed E-state index contributed by atoms with van der Waals surface area (Å²) in [5.41, 5.74) is 1.33. The van der Waals surface area contributed by atoms with Gasteiger partial charge in [0.05, 0.1) is 5.56 Å². The topological polar surface area (TPSA) is 49.3 Å². The molecule has 1 atom stereocenters. The summed E-state index contributed by atoms with van der Waals surface area (Å²) < 4.78 is 0. The fourth-order valence-corrected chi connectivity index (χ4v) is 2.74. The van der Waals surface area contributed by atoms with Crippen LogP contribution in [0.4, 0.5) is 5.69 Å². The molecule has 1 aromatic carbocycles. The molecule has 1 saturated carbocycles.